The molecule has 3 heterocycles. The molecule has 0 spiro atoms. The zero-order valence-electron chi connectivity index (χ0n) is 57.4. The summed E-state index contributed by atoms with van der Waals surface area (Å²) < 4.78 is 0. The quantitative estimate of drug-likeness (QED) is 0.0151. The van der Waals surface area contributed by atoms with Crippen LogP contribution in [-0.2, 0) is 67.2 Å². The molecule has 9 amide bonds. The number of aromatic amines is 1. The van der Waals surface area contributed by atoms with Gasteiger partial charge in [0.15, 0.2) is 6.04 Å². The lowest BCUT2D eigenvalue weighted by Gasteiger charge is -2.39. The molecule has 3 aromatic carbocycles. The van der Waals surface area contributed by atoms with E-state index in [1.165, 1.54) is 52.8 Å². The first kappa shape index (κ1) is 82.0. The number of aliphatic hydroxyl groups is 2. The Morgan fingerprint density at radius 2 is 1.08 bits per heavy atom. The maximum absolute atomic E-state index is 15.2. The largest absolute Gasteiger partial charge is 0.508 e. The molecular weight excluding hydrogens is 1340 g/mol. The van der Waals surface area contributed by atoms with Gasteiger partial charge in [0.2, 0.25) is 53.2 Å². The van der Waals surface area contributed by atoms with E-state index in [4.69, 9.17) is 11.5 Å². The fraction of sp³-hybridized carbons (Fsp3) is 0.552. The van der Waals surface area contributed by atoms with Gasteiger partial charge in [-0.3, -0.25) is 53.8 Å². The number of nitrogens with one attached hydrogen (secondary N) is 16. The van der Waals surface area contributed by atoms with Crippen LogP contribution in [0, 0.1) is 0 Å². The lowest BCUT2D eigenvalue weighted by Crippen LogP contribution is -2.72. The number of phenolic OH excluding ortho intramolecular Hbond substituents is 1. The molecule has 2 bridgehead atoms. The highest BCUT2D eigenvalue weighted by Gasteiger charge is 2.37. The molecule has 6 rings (SSSR count). The molecule has 0 saturated carbocycles. The summed E-state index contributed by atoms with van der Waals surface area (Å²) in [5, 5.41) is 85.5. The first-order chi connectivity index (χ1) is 48.4. The molecule has 24 N–H and O–H groups in total. The predicted molar refractivity (Wildman–Crippen MR) is 384 cm³/mol. The van der Waals surface area contributed by atoms with Crippen LogP contribution in [0.4, 0.5) is 0 Å². The summed E-state index contributed by atoms with van der Waals surface area (Å²) in [5.41, 5.74) is 13.3. The average molecular weight is 1450 g/mol. The Morgan fingerprint density at radius 3 is 1.69 bits per heavy atom. The number of nitrogens with two attached hydrogens (primary N) is 2. The van der Waals surface area contributed by atoms with Gasteiger partial charge in [0, 0.05) is 126 Å². The Kier molecular flexibility index (Phi) is 34.4. The minimum absolute atomic E-state index is 0.00539. The number of aliphatic carboxylic acids is 1. The number of unbranched alkanes of at least 4 members (excludes halogenated alkanes) is 1. The lowest BCUT2D eigenvalue weighted by atomic mass is 10.0. The number of carboxylic acid groups (broad SMARTS) is 1. The molecule has 1 aromatic heterocycles. The van der Waals surface area contributed by atoms with Crippen LogP contribution in [0.2, 0.25) is 0 Å². The number of para-hydroxylation sites is 1. The van der Waals surface area contributed by atoms with Crippen LogP contribution in [0.25, 0.3) is 10.9 Å². The molecule has 2 saturated heterocycles. The van der Waals surface area contributed by atoms with Crippen LogP contribution < -0.4 is 91.2 Å². The van der Waals surface area contributed by atoms with Crippen LogP contribution in [0.1, 0.15) is 76.0 Å². The molecular formula is C67H102N18O14S2. The van der Waals surface area contributed by atoms with Crippen molar-refractivity contribution in [3.05, 3.63) is 102 Å². The number of aromatic hydroxyl groups is 1. The number of H-pyrrole nitrogens is 1. The highest BCUT2D eigenvalue weighted by atomic mass is 33.1. The summed E-state index contributed by atoms with van der Waals surface area (Å²) >= 11 is 0. The number of rotatable bonds is 37. The lowest BCUT2D eigenvalue weighted by molar-refractivity contribution is -0.144. The van der Waals surface area contributed by atoms with Gasteiger partial charge in [-0.1, -0.05) is 89.2 Å². The summed E-state index contributed by atoms with van der Waals surface area (Å²) in [7, 11) is 2.69. The fourth-order valence-electron chi connectivity index (χ4n) is 11.4. The number of benzene rings is 3. The van der Waals surface area contributed by atoms with Crippen molar-refractivity contribution < 1.29 is 68.4 Å². The summed E-state index contributed by atoms with van der Waals surface area (Å²) in [5.74, 6) is -8.20. The Labute approximate surface area is 595 Å². The third-order valence-corrected chi connectivity index (χ3v) is 19.3. The van der Waals surface area contributed by atoms with E-state index in [-0.39, 0.29) is 75.3 Å². The van der Waals surface area contributed by atoms with Crippen LogP contribution >= 0.6 is 21.6 Å². The Morgan fingerprint density at radius 1 is 0.545 bits per heavy atom. The summed E-state index contributed by atoms with van der Waals surface area (Å²) in [6.45, 7) is 8.98. The van der Waals surface area contributed by atoms with Crippen molar-refractivity contribution in [3.63, 3.8) is 0 Å². The molecule has 32 nitrogen and oxygen atoms in total. The zero-order valence-corrected chi connectivity index (χ0v) is 59.0. The third kappa shape index (κ3) is 28.0. The average Bonchev–Trinajstić information content (AvgIpc) is 1.69. The van der Waals surface area contributed by atoms with Crippen molar-refractivity contribution in [1.82, 2.24) is 84.7 Å². The highest BCUT2D eigenvalue weighted by molar-refractivity contribution is 8.76. The van der Waals surface area contributed by atoms with Crippen molar-refractivity contribution in [2.24, 2.45) is 11.5 Å². The number of amides is 9. The smallest absolute Gasteiger partial charge is 0.328 e. The second-order valence-corrected chi connectivity index (χ2v) is 28.0. The summed E-state index contributed by atoms with van der Waals surface area (Å²) in [6, 6.07) is 11.5. The van der Waals surface area contributed by atoms with Gasteiger partial charge in [-0.05, 0) is 81.0 Å². The van der Waals surface area contributed by atoms with Gasteiger partial charge in [0.25, 0.3) is 0 Å². The third-order valence-electron chi connectivity index (χ3n) is 16.8. The monoisotopic (exact) mass is 1450 g/mol. The van der Waals surface area contributed by atoms with Gasteiger partial charge >= 0.3 is 5.97 Å². The van der Waals surface area contributed by atoms with Crippen LogP contribution in [0.5, 0.6) is 5.75 Å². The number of carbonyl (C=O) groups excluding carboxylic acids is 9. The number of phenols is 1. The molecule has 0 aliphatic carbocycles. The number of aromatic nitrogens is 1. The molecule has 4 unspecified atom stereocenters. The molecule has 101 heavy (non-hydrogen) atoms. The maximum Gasteiger partial charge on any atom is 0.328 e. The molecule has 0 radical (unpaired) electrons. The van der Waals surface area contributed by atoms with E-state index in [1.54, 1.807) is 60.8 Å². The van der Waals surface area contributed by atoms with Crippen LogP contribution in [0.15, 0.2) is 85.1 Å². The SMILES string of the molecule is CCSSC[C@H](NC(=O)[C@@H](Cc1ccccc1)NC(=O)CCCC(=O)NC12CNCCNCC(N)(CNCCNC1)NCCN2)C(=O)N[C@@H](Cc1ccc(O)cc1)C(=O)N[C@H](Cc1c[nH]c2ccccc12)C(=O)N[C@@H](CCCCN)C(=O)NC(C(=O)NCC(=O)NC(C(=O)O)C(C)O)C(C)O. The second kappa shape index (κ2) is 42.4. The Hall–Kier alpha value is -8.00. The van der Waals surface area contributed by atoms with Crippen molar-refractivity contribution in [2.75, 3.05) is 90.0 Å². The van der Waals surface area contributed by atoms with E-state index in [2.05, 4.69) is 84.7 Å². The number of aliphatic hydroxyl groups excluding tert-OH is 2. The van der Waals surface area contributed by atoms with Crippen molar-refractivity contribution in [2.45, 2.75) is 144 Å². The van der Waals surface area contributed by atoms with E-state index >= 15 is 4.79 Å². The normalized spacial score (nSPS) is 19.4. The van der Waals surface area contributed by atoms with E-state index in [9.17, 15) is 63.6 Å². The van der Waals surface area contributed by atoms with E-state index in [0.717, 1.165) is 6.92 Å². The molecule has 556 valence electrons. The molecule has 34 heteroatoms. The summed E-state index contributed by atoms with van der Waals surface area (Å²) in [6.07, 6.45) is -1.29. The number of fused-ring (bicyclic) bond motifs is 6. The van der Waals surface area contributed by atoms with Crippen LogP contribution in [0.3, 0.4) is 0 Å². The topological polar surface area (TPSA) is 500 Å². The van der Waals surface area contributed by atoms with Gasteiger partial charge in [0.1, 0.15) is 47.7 Å². The van der Waals surface area contributed by atoms with E-state index in [0.29, 0.717) is 105 Å². The summed E-state index contributed by atoms with van der Waals surface area (Å²) in [4.78, 5) is 143. The van der Waals surface area contributed by atoms with Gasteiger partial charge < -0.3 is 106 Å². The van der Waals surface area contributed by atoms with Gasteiger partial charge in [0.05, 0.1) is 24.4 Å². The second-order valence-electron chi connectivity index (χ2n) is 25.2. The minimum atomic E-state index is -1.73. The van der Waals surface area contributed by atoms with Crippen molar-refractivity contribution in [3.8, 4) is 5.75 Å². The van der Waals surface area contributed by atoms with Gasteiger partial charge in [-0.25, -0.2) is 4.79 Å². The number of hydrogen-bond donors (Lipinski definition) is 22. The zero-order chi connectivity index (χ0) is 73.3. The number of carboxylic acids is 1. The Bertz CT molecular complexity index is 3320. The van der Waals surface area contributed by atoms with Gasteiger partial charge in [-0.15, -0.1) is 0 Å². The van der Waals surface area contributed by atoms with Crippen molar-refractivity contribution >= 4 is 91.6 Å². The molecule has 9 atom stereocenters. The Balaban J connectivity index is 1.21. The van der Waals surface area contributed by atoms with Gasteiger partial charge in [-0.2, -0.15) is 0 Å². The fourth-order valence-corrected chi connectivity index (χ4v) is 13.2. The number of carbonyl (C=O) groups is 10. The molecule has 2 aliphatic rings. The predicted octanol–water partition coefficient (Wildman–Crippen LogP) is -4.01. The minimum Gasteiger partial charge on any atom is -0.508 e. The van der Waals surface area contributed by atoms with E-state index in [1.807, 2.05) is 6.92 Å². The molecule has 2 fully saturated rings. The standard InChI is InChI=1S/C67H102N18O14S2/c1-4-100-101-36-53(82-60(93)50(31-43-13-6-5-7-14-43)78-54(89)18-12-19-55(90)85-67-39-72-27-25-70-37-66(69,76-29-30-77-67)38-71-26-28-73-40-67)63(96)80-51(32-44-20-22-46(88)23-21-44)61(94)81-52(33-45-34-74-48-16-9-8-15-47(45)48)62(95)79-49(17-10-11-24-68)59(92)84-57(41(2)86)64(97)75-35-56(91)83-58(42(3)87)65(98)99/h5-9,13-16,20-23,34,41-42,49-53,57-58,70-74,76-77,86-88H,4,10-12,17-19,24-33,35-40,68-69H2,1-3H3,(H,75,97)(H,78,89)(H,79,95)(H,80,96)(H,81,94)(H,82,93)(H,83,91)(H,84,92)(H,85,90)(H,98,99)/t41?,42?,49-,50+,51-,52+,53-,57?,58?,66?,67?/m0/s1. The first-order valence-corrected chi connectivity index (χ1v) is 36.6. The highest BCUT2D eigenvalue weighted by Crippen LogP contribution is 2.23. The van der Waals surface area contributed by atoms with Crippen LogP contribution in [-0.4, -0.2) is 240 Å². The molecule has 2 aliphatic heterocycles. The first-order valence-electron chi connectivity index (χ1n) is 34.1. The van der Waals surface area contributed by atoms with Crippen molar-refractivity contribution in [1.29, 1.82) is 0 Å². The van der Waals surface area contributed by atoms with E-state index < -0.39 is 126 Å². The number of hydrogen-bond acceptors (Lipinski definition) is 23. The molecule has 4 aromatic rings. The maximum atomic E-state index is 15.2.